The molecule has 4 nitrogen and oxygen atoms in total. The minimum atomic E-state index is -0.736. The molecule has 1 heterocycles. The molecule has 5 heteroatoms. The summed E-state index contributed by atoms with van der Waals surface area (Å²) < 4.78 is 0. The number of hydrogen-bond acceptors (Lipinski definition) is 3. The zero-order valence-corrected chi connectivity index (χ0v) is 11.2. The molecule has 0 amide bonds. The second-order valence-electron chi connectivity index (χ2n) is 4.73. The van der Waals surface area contributed by atoms with Crippen molar-refractivity contribution in [2.24, 2.45) is 5.92 Å². The first kappa shape index (κ1) is 13.9. The largest absolute Gasteiger partial charge is 0.481 e. The summed E-state index contributed by atoms with van der Waals surface area (Å²) in [5, 5.41) is 18.9. The van der Waals surface area contributed by atoms with Crippen molar-refractivity contribution in [1.82, 2.24) is 4.90 Å². The topological polar surface area (TPSA) is 64.3 Å². The lowest BCUT2D eigenvalue weighted by Crippen LogP contribution is -2.38. The summed E-state index contributed by atoms with van der Waals surface area (Å²) in [4.78, 5) is 12.9. The molecule has 0 aliphatic carbocycles. The van der Waals surface area contributed by atoms with Gasteiger partial charge < -0.3 is 5.11 Å². The number of nitriles is 1. The van der Waals surface area contributed by atoms with Crippen LogP contribution in [0.25, 0.3) is 0 Å². The molecule has 100 valence electrons. The second kappa shape index (κ2) is 6.05. The maximum Gasteiger partial charge on any atom is 0.306 e. The molecule has 1 fully saturated rings. The van der Waals surface area contributed by atoms with Crippen LogP contribution in [-0.4, -0.2) is 29.1 Å². The third-order valence-corrected chi connectivity index (χ3v) is 3.80. The first-order valence-corrected chi connectivity index (χ1v) is 6.61. The molecule has 1 N–H and O–H groups in total. The van der Waals surface area contributed by atoms with Crippen LogP contribution >= 0.6 is 11.6 Å². The van der Waals surface area contributed by atoms with Gasteiger partial charge in [-0.15, -0.1) is 0 Å². The Balaban J connectivity index is 2.06. The third-order valence-electron chi connectivity index (χ3n) is 3.55. The molecule has 0 radical (unpaired) electrons. The number of piperidine rings is 1. The third kappa shape index (κ3) is 3.25. The molecule has 0 aromatic heterocycles. The Labute approximate surface area is 117 Å². The number of nitrogens with zero attached hydrogens (tertiary/aromatic N) is 2. The van der Waals surface area contributed by atoms with E-state index in [2.05, 4.69) is 6.07 Å². The summed E-state index contributed by atoms with van der Waals surface area (Å²) in [5.74, 6) is -1.01. The van der Waals surface area contributed by atoms with E-state index in [0.717, 1.165) is 5.56 Å². The molecule has 1 atom stereocenters. The molecule has 1 saturated heterocycles. The fraction of sp³-hybridized carbons (Fsp3) is 0.429. The van der Waals surface area contributed by atoms with Crippen molar-refractivity contribution in [2.75, 3.05) is 13.1 Å². The van der Waals surface area contributed by atoms with Gasteiger partial charge in [-0.25, -0.2) is 0 Å². The number of hydrogen-bond donors (Lipinski definition) is 1. The average molecular weight is 279 g/mol. The molecule has 1 aliphatic rings. The van der Waals surface area contributed by atoms with Gasteiger partial charge in [-0.05, 0) is 30.5 Å². The van der Waals surface area contributed by atoms with E-state index < -0.39 is 5.97 Å². The highest BCUT2D eigenvalue weighted by molar-refractivity contribution is 6.30. The molecule has 1 aliphatic heterocycles. The summed E-state index contributed by atoms with van der Waals surface area (Å²) in [6.45, 7) is 1.27. The van der Waals surface area contributed by atoms with Crippen molar-refractivity contribution in [3.05, 3.63) is 34.9 Å². The molecule has 1 aromatic rings. The normalized spacial score (nSPS) is 18.7. The first-order valence-electron chi connectivity index (χ1n) is 6.23. The van der Waals surface area contributed by atoms with Gasteiger partial charge in [0.2, 0.25) is 0 Å². The lowest BCUT2D eigenvalue weighted by Gasteiger charge is -2.33. The van der Waals surface area contributed by atoms with Gasteiger partial charge in [-0.1, -0.05) is 23.7 Å². The Morgan fingerprint density at radius 2 is 1.95 bits per heavy atom. The van der Waals surface area contributed by atoms with E-state index in [1.165, 1.54) is 0 Å². The van der Waals surface area contributed by atoms with Crippen LogP contribution < -0.4 is 0 Å². The standard InChI is InChI=1S/C14H15ClN2O2/c15-12-3-1-10(2-4-12)13(9-16)17-7-5-11(6-8-17)14(18)19/h1-4,11,13H,5-8H2,(H,18,19). The summed E-state index contributed by atoms with van der Waals surface area (Å²) in [7, 11) is 0. The number of carboxylic acids is 1. The molecule has 1 unspecified atom stereocenters. The van der Waals surface area contributed by atoms with Crippen molar-refractivity contribution >= 4 is 17.6 Å². The van der Waals surface area contributed by atoms with E-state index in [0.29, 0.717) is 31.0 Å². The monoisotopic (exact) mass is 278 g/mol. The highest BCUT2D eigenvalue weighted by Gasteiger charge is 2.29. The van der Waals surface area contributed by atoms with Crippen LogP contribution in [-0.2, 0) is 4.79 Å². The Hall–Kier alpha value is -1.57. The van der Waals surface area contributed by atoms with E-state index in [1.54, 1.807) is 12.1 Å². The van der Waals surface area contributed by atoms with Crippen molar-refractivity contribution in [1.29, 1.82) is 5.26 Å². The molecule has 1 aromatic carbocycles. The SMILES string of the molecule is N#CC(c1ccc(Cl)cc1)N1CCC(C(=O)O)CC1. The summed E-state index contributed by atoms with van der Waals surface area (Å²) in [6.07, 6.45) is 1.20. The number of aliphatic carboxylic acids is 1. The maximum atomic E-state index is 10.9. The molecular weight excluding hydrogens is 264 g/mol. The summed E-state index contributed by atoms with van der Waals surface area (Å²) in [6, 6.07) is 9.19. The number of carbonyl (C=O) groups is 1. The minimum absolute atomic E-state index is 0.277. The van der Waals surface area contributed by atoms with Crippen molar-refractivity contribution in [3.8, 4) is 6.07 Å². The molecule has 0 bridgehead atoms. The fourth-order valence-electron chi connectivity index (χ4n) is 2.42. The van der Waals surface area contributed by atoms with E-state index >= 15 is 0 Å². The van der Waals surface area contributed by atoms with Gasteiger partial charge in [0.1, 0.15) is 6.04 Å². The Kier molecular flexibility index (Phi) is 4.41. The quantitative estimate of drug-likeness (QED) is 0.923. The second-order valence-corrected chi connectivity index (χ2v) is 5.17. The Bertz CT molecular complexity index is 487. The molecule has 0 spiro atoms. The van der Waals surface area contributed by atoms with Crippen LogP contribution in [0.3, 0.4) is 0 Å². The van der Waals surface area contributed by atoms with Crippen LogP contribution in [0, 0.1) is 17.2 Å². The van der Waals surface area contributed by atoms with Gasteiger partial charge in [0.25, 0.3) is 0 Å². The van der Waals surface area contributed by atoms with Crippen molar-refractivity contribution in [2.45, 2.75) is 18.9 Å². The van der Waals surface area contributed by atoms with E-state index in [-0.39, 0.29) is 12.0 Å². The van der Waals surface area contributed by atoms with Gasteiger partial charge in [-0.3, -0.25) is 9.69 Å². The molecule has 0 saturated carbocycles. The number of halogens is 1. The number of likely N-dealkylation sites (tertiary alicyclic amines) is 1. The van der Waals surface area contributed by atoms with E-state index in [1.807, 2.05) is 17.0 Å². The summed E-state index contributed by atoms with van der Waals surface area (Å²) in [5.41, 5.74) is 0.903. The van der Waals surface area contributed by atoms with Gasteiger partial charge in [-0.2, -0.15) is 5.26 Å². The first-order chi connectivity index (χ1) is 9.11. The van der Waals surface area contributed by atoms with E-state index in [9.17, 15) is 10.1 Å². The smallest absolute Gasteiger partial charge is 0.306 e. The number of benzene rings is 1. The van der Waals surface area contributed by atoms with E-state index in [4.69, 9.17) is 16.7 Å². The predicted octanol–water partition coefficient (Wildman–Crippen LogP) is 2.70. The minimum Gasteiger partial charge on any atom is -0.481 e. The van der Waals surface area contributed by atoms with Crippen LogP contribution in [0.4, 0.5) is 0 Å². The van der Waals surface area contributed by atoms with Crippen LogP contribution in [0.15, 0.2) is 24.3 Å². The lowest BCUT2D eigenvalue weighted by atomic mass is 9.95. The van der Waals surface area contributed by atoms with Crippen LogP contribution in [0.1, 0.15) is 24.4 Å². The van der Waals surface area contributed by atoms with Gasteiger partial charge >= 0.3 is 5.97 Å². The lowest BCUT2D eigenvalue weighted by molar-refractivity contribution is -0.143. The zero-order valence-electron chi connectivity index (χ0n) is 10.4. The highest BCUT2D eigenvalue weighted by atomic mass is 35.5. The Morgan fingerprint density at radius 1 is 1.37 bits per heavy atom. The van der Waals surface area contributed by atoms with Gasteiger partial charge in [0.05, 0.1) is 12.0 Å². The molecule has 19 heavy (non-hydrogen) atoms. The fourth-order valence-corrected chi connectivity index (χ4v) is 2.54. The van der Waals surface area contributed by atoms with Crippen molar-refractivity contribution in [3.63, 3.8) is 0 Å². The number of rotatable bonds is 3. The van der Waals surface area contributed by atoms with Crippen LogP contribution in [0.5, 0.6) is 0 Å². The van der Waals surface area contributed by atoms with Crippen molar-refractivity contribution < 1.29 is 9.90 Å². The maximum absolute atomic E-state index is 10.9. The molecular formula is C14H15ClN2O2. The predicted molar refractivity (Wildman–Crippen MR) is 71.7 cm³/mol. The molecule has 2 rings (SSSR count). The number of carboxylic acid groups (broad SMARTS) is 1. The van der Waals surface area contributed by atoms with Gasteiger partial charge in [0, 0.05) is 18.1 Å². The van der Waals surface area contributed by atoms with Crippen LogP contribution in [0.2, 0.25) is 5.02 Å². The average Bonchev–Trinajstić information content (AvgIpc) is 2.42. The summed E-state index contributed by atoms with van der Waals surface area (Å²) >= 11 is 5.84. The highest BCUT2D eigenvalue weighted by Crippen LogP contribution is 2.27. The Morgan fingerprint density at radius 3 is 2.42 bits per heavy atom. The zero-order chi connectivity index (χ0) is 13.8. The van der Waals surface area contributed by atoms with Gasteiger partial charge in [0.15, 0.2) is 0 Å².